The summed E-state index contributed by atoms with van der Waals surface area (Å²) in [4.78, 5) is 37.6. The van der Waals surface area contributed by atoms with Gasteiger partial charge in [-0.1, -0.05) is 37.3 Å². The van der Waals surface area contributed by atoms with Gasteiger partial charge in [0.2, 0.25) is 0 Å². The number of esters is 1. The number of hydrogen-bond acceptors (Lipinski definition) is 5. The van der Waals surface area contributed by atoms with Gasteiger partial charge < -0.3 is 14.8 Å². The molecule has 3 aromatic rings. The van der Waals surface area contributed by atoms with E-state index in [1.807, 2.05) is 19.1 Å². The molecule has 0 unspecified atom stereocenters. The Bertz CT molecular complexity index is 1070. The minimum absolute atomic E-state index is 0.100. The quantitative estimate of drug-likeness (QED) is 0.437. The number of rotatable bonds is 8. The normalized spacial score (nSPS) is 10.3. The standard InChI is InChI=1S/C25H23NO5/c1-3-17-8-12-19(13-9-17)26-23(27)16-31-25(29)22-7-5-4-6-21(22)24(28)18-10-14-20(30-2)15-11-18/h4-15H,3,16H2,1-2H3,(H,26,27). The van der Waals surface area contributed by atoms with E-state index in [-0.39, 0.29) is 16.9 Å². The van der Waals surface area contributed by atoms with Gasteiger partial charge in [0.05, 0.1) is 12.7 Å². The second-order valence-electron chi connectivity index (χ2n) is 6.78. The third-order valence-corrected chi connectivity index (χ3v) is 4.72. The van der Waals surface area contributed by atoms with Crippen LogP contribution in [0.15, 0.2) is 72.8 Å². The van der Waals surface area contributed by atoms with Crippen molar-refractivity contribution in [3.8, 4) is 5.75 Å². The molecule has 0 aliphatic rings. The van der Waals surface area contributed by atoms with Crippen LogP contribution in [0.3, 0.4) is 0 Å². The minimum Gasteiger partial charge on any atom is -0.497 e. The van der Waals surface area contributed by atoms with Crippen LogP contribution in [-0.2, 0) is 16.0 Å². The molecule has 6 nitrogen and oxygen atoms in total. The van der Waals surface area contributed by atoms with Crippen LogP contribution in [0.4, 0.5) is 5.69 Å². The number of nitrogens with one attached hydrogen (secondary N) is 1. The topological polar surface area (TPSA) is 81.7 Å². The maximum Gasteiger partial charge on any atom is 0.339 e. The van der Waals surface area contributed by atoms with E-state index in [1.54, 1.807) is 61.7 Å². The number of carbonyl (C=O) groups is 3. The fourth-order valence-corrected chi connectivity index (χ4v) is 2.99. The molecule has 1 amide bonds. The Balaban J connectivity index is 1.66. The smallest absolute Gasteiger partial charge is 0.339 e. The number of amides is 1. The Labute approximate surface area is 180 Å². The summed E-state index contributed by atoms with van der Waals surface area (Å²) in [7, 11) is 1.54. The number of ketones is 1. The van der Waals surface area contributed by atoms with Crippen LogP contribution in [0.25, 0.3) is 0 Å². The number of benzene rings is 3. The lowest BCUT2D eigenvalue weighted by molar-refractivity contribution is -0.119. The van der Waals surface area contributed by atoms with Gasteiger partial charge in [-0.05, 0) is 54.4 Å². The van der Waals surface area contributed by atoms with Crippen LogP contribution in [0, 0.1) is 0 Å². The summed E-state index contributed by atoms with van der Waals surface area (Å²) >= 11 is 0. The minimum atomic E-state index is -0.742. The number of aryl methyl sites for hydroxylation is 1. The van der Waals surface area contributed by atoms with Gasteiger partial charge in [-0.3, -0.25) is 9.59 Å². The van der Waals surface area contributed by atoms with Crippen LogP contribution >= 0.6 is 0 Å². The summed E-state index contributed by atoms with van der Waals surface area (Å²) in [6.45, 7) is 1.59. The highest BCUT2D eigenvalue weighted by Crippen LogP contribution is 2.18. The summed E-state index contributed by atoms with van der Waals surface area (Å²) < 4.78 is 10.2. The zero-order valence-corrected chi connectivity index (χ0v) is 17.4. The number of hydrogen-bond donors (Lipinski definition) is 1. The molecule has 0 bridgehead atoms. The Hall–Kier alpha value is -3.93. The Morgan fingerprint density at radius 3 is 2.10 bits per heavy atom. The molecule has 0 heterocycles. The van der Waals surface area contributed by atoms with E-state index in [0.717, 1.165) is 12.0 Å². The van der Waals surface area contributed by atoms with Gasteiger partial charge in [-0.15, -0.1) is 0 Å². The highest BCUT2D eigenvalue weighted by molar-refractivity contribution is 6.14. The molecule has 0 atom stereocenters. The molecule has 0 aliphatic carbocycles. The van der Waals surface area contributed by atoms with Crippen molar-refractivity contribution in [1.82, 2.24) is 0 Å². The highest BCUT2D eigenvalue weighted by atomic mass is 16.5. The van der Waals surface area contributed by atoms with E-state index in [4.69, 9.17) is 9.47 Å². The lowest BCUT2D eigenvalue weighted by Gasteiger charge is -2.10. The third kappa shape index (κ3) is 5.57. The SMILES string of the molecule is CCc1ccc(NC(=O)COC(=O)c2ccccc2C(=O)c2ccc(OC)cc2)cc1. The second-order valence-corrected chi connectivity index (χ2v) is 6.78. The largest absolute Gasteiger partial charge is 0.497 e. The van der Waals surface area contributed by atoms with E-state index in [2.05, 4.69) is 5.32 Å². The van der Waals surface area contributed by atoms with Crippen molar-refractivity contribution in [2.75, 3.05) is 19.0 Å². The van der Waals surface area contributed by atoms with Gasteiger partial charge >= 0.3 is 5.97 Å². The number of methoxy groups -OCH3 is 1. The molecule has 0 aliphatic heterocycles. The molecule has 3 rings (SSSR count). The summed E-state index contributed by atoms with van der Waals surface area (Å²) in [5.41, 5.74) is 2.49. The van der Waals surface area contributed by atoms with Gasteiger partial charge in [-0.2, -0.15) is 0 Å². The molecule has 1 N–H and O–H groups in total. The first kappa shape index (κ1) is 21.8. The first-order chi connectivity index (χ1) is 15.0. The molecule has 0 radical (unpaired) electrons. The first-order valence-electron chi connectivity index (χ1n) is 9.85. The molecule has 0 fully saturated rings. The molecule has 158 valence electrons. The number of carbonyl (C=O) groups excluding carboxylic acids is 3. The van der Waals surface area contributed by atoms with Crippen LogP contribution in [0.5, 0.6) is 5.75 Å². The van der Waals surface area contributed by atoms with Crippen LogP contribution in [-0.4, -0.2) is 31.4 Å². The fraction of sp³-hybridized carbons (Fsp3) is 0.160. The molecular formula is C25H23NO5. The summed E-state index contributed by atoms with van der Waals surface area (Å²) in [5.74, 6) is -0.902. The van der Waals surface area contributed by atoms with Crippen LogP contribution in [0.2, 0.25) is 0 Å². The zero-order chi connectivity index (χ0) is 22.2. The summed E-state index contributed by atoms with van der Waals surface area (Å²) in [6, 6.07) is 20.4. The van der Waals surface area contributed by atoms with Gasteiger partial charge in [0.1, 0.15) is 5.75 Å². The Morgan fingerprint density at radius 2 is 1.48 bits per heavy atom. The average molecular weight is 417 g/mol. The molecular weight excluding hydrogens is 394 g/mol. The van der Waals surface area contributed by atoms with Crippen molar-refractivity contribution in [3.63, 3.8) is 0 Å². The average Bonchev–Trinajstić information content (AvgIpc) is 2.82. The lowest BCUT2D eigenvalue weighted by atomic mass is 9.98. The summed E-state index contributed by atoms with van der Waals surface area (Å²) in [6.07, 6.45) is 0.903. The molecule has 0 aromatic heterocycles. The van der Waals surface area contributed by atoms with Crippen LogP contribution < -0.4 is 10.1 Å². The second kappa shape index (κ2) is 10.2. The van der Waals surface area contributed by atoms with E-state index in [1.165, 1.54) is 6.07 Å². The van der Waals surface area contributed by atoms with Gasteiger partial charge in [0.15, 0.2) is 12.4 Å². The van der Waals surface area contributed by atoms with E-state index < -0.39 is 18.5 Å². The number of ether oxygens (including phenoxy) is 2. The molecule has 0 saturated carbocycles. The van der Waals surface area contributed by atoms with E-state index in [0.29, 0.717) is 17.0 Å². The van der Waals surface area contributed by atoms with Crippen molar-refractivity contribution in [1.29, 1.82) is 0 Å². The van der Waals surface area contributed by atoms with E-state index in [9.17, 15) is 14.4 Å². The molecule has 6 heteroatoms. The van der Waals surface area contributed by atoms with Crippen molar-refractivity contribution < 1.29 is 23.9 Å². The fourth-order valence-electron chi connectivity index (χ4n) is 2.99. The predicted octanol–water partition coefficient (Wildman–Crippen LogP) is 4.28. The van der Waals surface area contributed by atoms with E-state index >= 15 is 0 Å². The third-order valence-electron chi connectivity index (χ3n) is 4.72. The molecule has 3 aromatic carbocycles. The molecule has 31 heavy (non-hydrogen) atoms. The predicted molar refractivity (Wildman–Crippen MR) is 118 cm³/mol. The summed E-state index contributed by atoms with van der Waals surface area (Å²) in [5, 5.41) is 2.68. The van der Waals surface area contributed by atoms with Crippen molar-refractivity contribution in [2.24, 2.45) is 0 Å². The number of anilines is 1. The van der Waals surface area contributed by atoms with Crippen molar-refractivity contribution >= 4 is 23.3 Å². The zero-order valence-electron chi connectivity index (χ0n) is 17.4. The van der Waals surface area contributed by atoms with Crippen molar-refractivity contribution in [2.45, 2.75) is 13.3 Å². The molecule has 0 saturated heterocycles. The Morgan fingerprint density at radius 1 is 0.839 bits per heavy atom. The monoisotopic (exact) mass is 417 g/mol. The first-order valence-corrected chi connectivity index (χ1v) is 9.85. The maximum absolute atomic E-state index is 12.9. The van der Waals surface area contributed by atoms with Gasteiger partial charge in [0, 0.05) is 16.8 Å². The lowest BCUT2D eigenvalue weighted by Crippen LogP contribution is -2.22. The molecule has 0 spiro atoms. The van der Waals surface area contributed by atoms with Gasteiger partial charge in [-0.25, -0.2) is 4.79 Å². The highest BCUT2D eigenvalue weighted by Gasteiger charge is 2.20. The Kier molecular flexibility index (Phi) is 7.17. The van der Waals surface area contributed by atoms with Crippen LogP contribution in [0.1, 0.15) is 38.8 Å². The maximum atomic E-state index is 12.9. The van der Waals surface area contributed by atoms with Gasteiger partial charge in [0.25, 0.3) is 5.91 Å². The van der Waals surface area contributed by atoms with Crippen molar-refractivity contribution in [3.05, 3.63) is 95.1 Å².